The van der Waals surface area contributed by atoms with Crippen molar-refractivity contribution in [2.75, 3.05) is 14.2 Å². The molecule has 3 rings (SSSR count). The molecule has 0 aliphatic carbocycles. The van der Waals surface area contributed by atoms with Gasteiger partial charge in [0.05, 0.1) is 25.3 Å². The molecule has 0 aliphatic heterocycles. The summed E-state index contributed by atoms with van der Waals surface area (Å²) in [6.45, 7) is 0. The summed E-state index contributed by atoms with van der Waals surface area (Å²) in [5.74, 6) is -1.76. The molecule has 0 aliphatic rings. The van der Waals surface area contributed by atoms with Crippen LogP contribution in [0.15, 0.2) is 42.5 Å². The Morgan fingerprint density at radius 1 is 0.923 bits per heavy atom. The topological polar surface area (TPSA) is 106 Å². The van der Waals surface area contributed by atoms with Gasteiger partial charge in [-0.2, -0.15) is 0 Å². The highest BCUT2D eigenvalue weighted by Crippen LogP contribution is 2.37. The van der Waals surface area contributed by atoms with Crippen LogP contribution in [-0.4, -0.2) is 41.4 Å². The molecular weight excluding hydrogens is 338 g/mol. The van der Waals surface area contributed by atoms with Crippen LogP contribution in [0.2, 0.25) is 0 Å². The van der Waals surface area contributed by atoms with Gasteiger partial charge < -0.3 is 19.7 Å². The van der Waals surface area contributed by atoms with E-state index in [-0.39, 0.29) is 16.8 Å². The van der Waals surface area contributed by atoms with E-state index in [1.54, 1.807) is 36.4 Å². The highest BCUT2D eigenvalue weighted by Gasteiger charge is 2.25. The van der Waals surface area contributed by atoms with E-state index in [1.807, 2.05) is 0 Å². The van der Waals surface area contributed by atoms with Crippen LogP contribution in [-0.2, 0) is 0 Å². The van der Waals surface area contributed by atoms with Crippen molar-refractivity contribution in [3.63, 3.8) is 0 Å². The molecule has 1 aromatic heterocycles. The number of carboxylic acids is 2. The van der Waals surface area contributed by atoms with Gasteiger partial charge in [0.1, 0.15) is 0 Å². The van der Waals surface area contributed by atoms with Gasteiger partial charge in [0.15, 0.2) is 17.2 Å². The van der Waals surface area contributed by atoms with E-state index in [9.17, 15) is 19.8 Å². The molecule has 0 fully saturated rings. The number of aromatic carboxylic acids is 2. The molecule has 132 valence electrons. The van der Waals surface area contributed by atoms with E-state index in [4.69, 9.17) is 9.47 Å². The predicted octanol–water partition coefficient (Wildman–Crippen LogP) is 3.32. The molecule has 2 N–H and O–H groups in total. The zero-order valence-corrected chi connectivity index (χ0v) is 14.0. The van der Waals surface area contributed by atoms with Crippen molar-refractivity contribution in [3.8, 4) is 22.6 Å². The molecular formula is C19H15NO6. The summed E-state index contributed by atoms with van der Waals surface area (Å²) < 4.78 is 10.4. The molecule has 0 unspecified atom stereocenters. The average Bonchev–Trinajstić information content (AvgIpc) is 2.65. The lowest BCUT2D eigenvalue weighted by Crippen LogP contribution is -2.11. The molecule has 1 heterocycles. The molecule has 0 atom stereocenters. The SMILES string of the molecule is COc1ccc(-c2c(C(=O)O)nc3ccccc3c2C(=O)O)cc1OC. The fraction of sp³-hybridized carbons (Fsp3) is 0.105. The van der Waals surface area contributed by atoms with Gasteiger partial charge in [0.25, 0.3) is 0 Å². The first-order chi connectivity index (χ1) is 12.5. The van der Waals surface area contributed by atoms with Crippen LogP contribution in [0.5, 0.6) is 11.5 Å². The normalized spacial score (nSPS) is 10.5. The van der Waals surface area contributed by atoms with Crippen LogP contribution in [0.3, 0.4) is 0 Å². The van der Waals surface area contributed by atoms with Crippen LogP contribution >= 0.6 is 0 Å². The maximum absolute atomic E-state index is 12.0. The van der Waals surface area contributed by atoms with Gasteiger partial charge in [0, 0.05) is 10.9 Å². The minimum Gasteiger partial charge on any atom is -0.493 e. The lowest BCUT2D eigenvalue weighted by Gasteiger charge is -2.15. The van der Waals surface area contributed by atoms with Crippen molar-refractivity contribution in [2.45, 2.75) is 0 Å². The fourth-order valence-electron chi connectivity index (χ4n) is 2.86. The number of ether oxygens (including phenoxy) is 2. The number of para-hydroxylation sites is 1. The Morgan fingerprint density at radius 2 is 1.62 bits per heavy atom. The summed E-state index contributed by atoms with van der Waals surface area (Å²) in [6, 6.07) is 11.2. The van der Waals surface area contributed by atoms with Crippen molar-refractivity contribution >= 4 is 22.8 Å². The average molecular weight is 353 g/mol. The van der Waals surface area contributed by atoms with Crippen LogP contribution in [0, 0.1) is 0 Å². The zero-order chi connectivity index (χ0) is 18.8. The van der Waals surface area contributed by atoms with E-state index in [0.29, 0.717) is 28.0 Å². The lowest BCUT2D eigenvalue weighted by molar-refractivity contribution is 0.0691. The first kappa shape index (κ1) is 17.2. The molecule has 0 spiro atoms. The van der Waals surface area contributed by atoms with Gasteiger partial charge in [0.2, 0.25) is 0 Å². The van der Waals surface area contributed by atoms with Gasteiger partial charge in [-0.3, -0.25) is 0 Å². The van der Waals surface area contributed by atoms with Crippen molar-refractivity contribution in [3.05, 3.63) is 53.7 Å². The predicted molar refractivity (Wildman–Crippen MR) is 94.2 cm³/mol. The largest absolute Gasteiger partial charge is 0.493 e. The summed E-state index contributed by atoms with van der Waals surface area (Å²) in [7, 11) is 2.91. The lowest BCUT2D eigenvalue weighted by atomic mass is 9.94. The van der Waals surface area contributed by atoms with Gasteiger partial charge in [-0.25, -0.2) is 14.6 Å². The van der Waals surface area contributed by atoms with Crippen LogP contribution in [0.4, 0.5) is 0 Å². The van der Waals surface area contributed by atoms with Gasteiger partial charge in [-0.05, 0) is 23.8 Å². The number of carboxylic acid groups (broad SMARTS) is 2. The molecule has 0 saturated carbocycles. The summed E-state index contributed by atoms with van der Waals surface area (Å²) in [5.41, 5.74) is 0.209. The number of nitrogens with zero attached hydrogens (tertiary/aromatic N) is 1. The number of hydrogen-bond donors (Lipinski definition) is 2. The number of aromatic nitrogens is 1. The number of benzene rings is 2. The molecule has 2 aromatic carbocycles. The van der Waals surface area contributed by atoms with E-state index in [0.717, 1.165) is 0 Å². The third kappa shape index (κ3) is 2.79. The highest BCUT2D eigenvalue weighted by atomic mass is 16.5. The minimum absolute atomic E-state index is 0.0182. The standard InChI is InChI=1S/C19H15NO6/c1-25-13-8-7-10(9-14(13)26-2)15-16(18(21)22)11-5-3-4-6-12(11)20-17(15)19(23)24/h3-9H,1-2H3,(H,21,22)(H,23,24). The third-order valence-electron chi connectivity index (χ3n) is 3.98. The maximum atomic E-state index is 12.0. The molecule has 0 bridgehead atoms. The summed E-state index contributed by atoms with van der Waals surface area (Å²) in [4.78, 5) is 27.9. The number of methoxy groups -OCH3 is 2. The number of carbonyl (C=O) groups is 2. The van der Waals surface area contributed by atoms with Crippen molar-refractivity contribution < 1.29 is 29.3 Å². The monoisotopic (exact) mass is 353 g/mol. The molecule has 26 heavy (non-hydrogen) atoms. The summed E-state index contributed by atoms with van der Waals surface area (Å²) >= 11 is 0. The molecule has 7 nitrogen and oxygen atoms in total. The van der Waals surface area contributed by atoms with E-state index >= 15 is 0 Å². The smallest absolute Gasteiger partial charge is 0.355 e. The van der Waals surface area contributed by atoms with Gasteiger partial charge in [-0.1, -0.05) is 24.3 Å². The van der Waals surface area contributed by atoms with Crippen molar-refractivity contribution in [1.29, 1.82) is 0 Å². The Hall–Kier alpha value is -3.61. The first-order valence-electron chi connectivity index (χ1n) is 7.59. The molecule has 0 amide bonds. The molecule has 3 aromatic rings. The van der Waals surface area contributed by atoms with Gasteiger partial charge in [-0.15, -0.1) is 0 Å². The second-order valence-corrected chi connectivity index (χ2v) is 5.41. The maximum Gasteiger partial charge on any atom is 0.355 e. The third-order valence-corrected chi connectivity index (χ3v) is 3.98. The molecule has 0 radical (unpaired) electrons. The second kappa shape index (κ2) is 6.72. The molecule has 0 saturated heterocycles. The Balaban J connectivity index is 2.44. The zero-order valence-electron chi connectivity index (χ0n) is 14.0. The highest BCUT2D eigenvalue weighted by molar-refractivity contribution is 6.12. The van der Waals surface area contributed by atoms with E-state index in [2.05, 4.69) is 4.98 Å². The molecule has 7 heteroatoms. The Labute approximate surface area is 148 Å². The van der Waals surface area contributed by atoms with E-state index < -0.39 is 11.9 Å². The Bertz CT molecular complexity index is 1030. The summed E-state index contributed by atoms with van der Waals surface area (Å²) in [5, 5.41) is 19.7. The van der Waals surface area contributed by atoms with Gasteiger partial charge >= 0.3 is 11.9 Å². The van der Waals surface area contributed by atoms with Crippen LogP contribution in [0.25, 0.3) is 22.0 Å². The van der Waals surface area contributed by atoms with Crippen LogP contribution < -0.4 is 9.47 Å². The number of hydrogen-bond acceptors (Lipinski definition) is 5. The summed E-state index contributed by atoms with van der Waals surface area (Å²) in [6.07, 6.45) is 0. The fourth-order valence-corrected chi connectivity index (χ4v) is 2.86. The first-order valence-corrected chi connectivity index (χ1v) is 7.59. The minimum atomic E-state index is -1.32. The van der Waals surface area contributed by atoms with Crippen molar-refractivity contribution in [2.24, 2.45) is 0 Å². The Morgan fingerprint density at radius 3 is 2.23 bits per heavy atom. The second-order valence-electron chi connectivity index (χ2n) is 5.41. The van der Waals surface area contributed by atoms with E-state index in [1.165, 1.54) is 20.3 Å². The number of fused-ring (bicyclic) bond motifs is 1. The van der Waals surface area contributed by atoms with Crippen LogP contribution in [0.1, 0.15) is 20.8 Å². The number of rotatable bonds is 5. The number of pyridine rings is 1. The van der Waals surface area contributed by atoms with Crippen molar-refractivity contribution in [1.82, 2.24) is 4.98 Å². The quantitative estimate of drug-likeness (QED) is 0.725. The Kier molecular flexibility index (Phi) is 4.45.